The predicted octanol–water partition coefficient (Wildman–Crippen LogP) is 2.50. The fourth-order valence-electron chi connectivity index (χ4n) is 1.30. The Morgan fingerprint density at radius 2 is 2.12 bits per heavy atom. The fourth-order valence-corrected chi connectivity index (χ4v) is 1.30. The van der Waals surface area contributed by atoms with E-state index in [4.69, 9.17) is 4.74 Å². The van der Waals surface area contributed by atoms with Crippen LogP contribution < -0.4 is 4.74 Å². The van der Waals surface area contributed by atoms with E-state index in [9.17, 15) is 4.39 Å². The van der Waals surface area contributed by atoms with Crippen molar-refractivity contribution in [2.45, 2.75) is 13.5 Å². The van der Waals surface area contributed by atoms with Gasteiger partial charge in [0.25, 0.3) is 5.88 Å². The van der Waals surface area contributed by atoms with Crippen LogP contribution in [-0.2, 0) is 6.61 Å². The molecule has 0 aliphatic rings. The average Bonchev–Trinajstić information content (AvgIpc) is 2.28. The van der Waals surface area contributed by atoms with Crippen LogP contribution in [0.3, 0.4) is 0 Å². The highest BCUT2D eigenvalue weighted by atomic mass is 19.1. The molecule has 0 unspecified atom stereocenters. The molecule has 0 amide bonds. The quantitative estimate of drug-likeness (QED) is 0.793. The van der Waals surface area contributed by atoms with Gasteiger partial charge >= 0.3 is 0 Å². The zero-order valence-corrected chi connectivity index (χ0v) is 8.85. The van der Waals surface area contributed by atoms with E-state index >= 15 is 0 Å². The Morgan fingerprint density at radius 1 is 1.25 bits per heavy atom. The minimum atomic E-state index is -0.463. The van der Waals surface area contributed by atoms with Crippen molar-refractivity contribution in [1.82, 2.24) is 9.97 Å². The maximum atomic E-state index is 13.2. The Labute approximate surface area is 92.9 Å². The van der Waals surface area contributed by atoms with Crippen LogP contribution in [0.5, 0.6) is 5.88 Å². The summed E-state index contributed by atoms with van der Waals surface area (Å²) >= 11 is 0. The summed E-state index contributed by atoms with van der Waals surface area (Å²) in [7, 11) is 0. The van der Waals surface area contributed by atoms with Gasteiger partial charge < -0.3 is 4.74 Å². The van der Waals surface area contributed by atoms with Gasteiger partial charge in [0.05, 0.1) is 5.69 Å². The van der Waals surface area contributed by atoms with E-state index in [1.165, 1.54) is 18.3 Å². The Morgan fingerprint density at radius 3 is 2.88 bits per heavy atom. The standard InChI is InChI=1S/C12H11FN2O/c1-9-4-2-5-10(15-9)8-16-12-11(13)6-3-7-14-12/h2-7H,8H2,1H3. The van der Waals surface area contributed by atoms with Gasteiger partial charge in [-0.3, -0.25) is 4.98 Å². The zero-order chi connectivity index (χ0) is 11.4. The predicted molar refractivity (Wildman–Crippen MR) is 57.5 cm³/mol. The van der Waals surface area contributed by atoms with E-state index in [2.05, 4.69) is 9.97 Å². The monoisotopic (exact) mass is 218 g/mol. The van der Waals surface area contributed by atoms with E-state index < -0.39 is 5.82 Å². The van der Waals surface area contributed by atoms with E-state index in [1.54, 1.807) is 0 Å². The number of aromatic nitrogens is 2. The van der Waals surface area contributed by atoms with Crippen molar-refractivity contribution in [3.63, 3.8) is 0 Å². The summed E-state index contributed by atoms with van der Waals surface area (Å²) < 4.78 is 18.4. The molecule has 0 aromatic carbocycles. The molecule has 2 heterocycles. The number of ether oxygens (including phenoxy) is 1. The molecular formula is C12H11FN2O. The topological polar surface area (TPSA) is 35.0 Å². The second kappa shape index (κ2) is 4.70. The molecular weight excluding hydrogens is 207 g/mol. The largest absolute Gasteiger partial charge is 0.469 e. The number of hydrogen-bond donors (Lipinski definition) is 0. The maximum Gasteiger partial charge on any atom is 0.250 e. The third kappa shape index (κ3) is 2.53. The van der Waals surface area contributed by atoms with Gasteiger partial charge in [-0.1, -0.05) is 6.07 Å². The van der Waals surface area contributed by atoms with Crippen LogP contribution in [0, 0.1) is 12.7 Å². The first kappa shape index (κ1) is 10.5. The number of pyridine rings is 2. The summed E-state index contributed by atoms with van der Waals surface area (Å²) in [6.45, 7) is 2.11. The molecule has 2 rings (SSSR count). The molecule has 0 aliphatic heterocycles. The molecule has 3 nitrogen and oxygen atoms in total. The zero-order valence-electron chi connectivity index (χ0n) is 8.85. The van der Waals surface area contributed by atoms with E-state index in [0.29, 0.717) is 0 Å². The second-order valence-corrected chi connectivity index (χ2v) is 3.35. The number of halogens is 1. The average molecular weight is 218 g/mol. The van der Waals surface area contributed by atoms with E-state index in [1.807, 2.05) is 25.1 Å². The smallest absolute Gasteiger partial charge is 0.250 e. The summed E-state index contributed by atoms with van der Waals surface area (Å²) in [5, 5.41) is 0. The Hall–Kier alpha value is -1.97. The molecule has 0 N–H and O–H groups in total. The molecule has 0 saturated heterocycles. The van der Waals surface area contributed by atoms with Gasteiger partial charge in [0.15, 0.2) is 5.82 Å². The highest BCUT2D eigenvalue weighted by Gasteiger charge is 2.04. The van der Waals surface area contributed by atoms with Crippen LogP contribution in [0.15, 0.2) is 36.5 Å². The summed E-state index contributed by atoms with van der Waals surface area (Å²) in [5.41, 5.74) is 1.66. The molecule has 4 heteroatoms. The lowest BCUT2D eigenvalue weighted by molar-refractivity contribution is 0.273. The minimum Gasteiger partial charge on any atom is -0.469 e. The molecule has 2 aromatic rings. The van der Waals surface area contributed by atoms with Crippen molar-refractivity contribution in [1.29, 1.82) is 0 Å². The molecule has 0 atom stereocenters. The van der Waals surface area contributed by atoms with Gasteiger partial charge in [0, 0.05) is 11.9 Å². The Bertz CT molecular complexity index is 488. The van der Waals surface area contributed by atoms with Crippen molar-refractivity contribution >= 4 is 0 Å². The first-order valence-electron chi connectivity index (χ1n) is 4.91. The fraction of sp³-hybridized carbons (Fsp3) is 0.167. The van der Waals surface area contributed by atoms with Gasteiger partial charge in [0.2, 0.25) is 0 Å². The van der Waals surface area contributed by atoms with Crippen LogP contribution in [-0.4, -0.2) is 9.97 Å². The van der Waals surface area contributed by atoms with E-state index in [0.717, 1.165) is 11.4 Å². The minimum absolute atomic E-state index is 0.00538. The van der Waals surface area contributed by atoms with Crippen molar-refractivity contribution in [3.05, 3.63) is 53.7 Å². The molecule has 0 radical (unpaired) electrons. The lowest BCUT2D eigenvalue weighted by Crippen LogP contribution is -2.01. The van der Waals surface area contributed by atoms with E-state index in [-0.39, 0.29) is 12.5 Å². The van der Waals surface area contributed by atoms with Gasteiger partial charge in [-0.2, -0.15) is 0 Å². The summed E-state index contributed by atoms with van der Waals surface area (Å²) in [5.74, 6) is -0.457. The number of aryl methyl sites for hydroxylation is 1. The number of hydrogen-bond acceptors (Lipinski definition) is 3. The third-order valence-corrected chi connectivity index (χ3v) is 2.03. The van der Waals surface area contributed by atoms with Gasteiger partial charge in [0.1, 0.15) is 6.61 Å². The normalized spacial score (nSPS) is 10.1. The Kier molecular flexibility index (Phi) is 3.10. The molecule has 0 spiro atoms. The first-order valence-corrected chi connectivity index (χ1v) is 4.91. The van der Waals surface area contributed by atoms with Crippen LogP contribution in [0.1, 0.15) is 11.4 Å². The summed E-state index contributed by atoms with van der Waals surface area (Å²) in [6.07, 6.45) is 1.49. The van der Waals surface area contributed by atoms with Crippen molar-refractivity contribution < 1.29 is 9.13 Å². The second-order valence-electron chi connectivity index (χ2n) is 3.35. The SMILES string of the molecule is Cc1cccc(COc2ncccc2F)n1. The first-order chi connectivity index (χ1) is 7.75. The number of rotatable bonds is 3. The van der Waals surface area contributed by atoms with Crippen LogP contribution in [0.4, 0.5) is 4.39 Å². The van der Waals surface area contributed by atoms with Crippen molar-refractivity contribution in [2.24, 2.45) is 0 Å². The number of nitrogens with zero attached hydrogens (tertiary/aromatic N) is 2. The molecule has 0 bridgehead atoms. The third-order valence-electron chi connectivity index (χ3n) is 2.03. The van der Waals surface area contributed by atoms with Crippen LogP contribution in [0.25, 0.3) is 0 Å². The highest BCUT2D eigenvalue weighted by Crippen LogP contribution is 2.12. The molecule has 0 fully saturated rings. The molecule has 82 valence electrons. The molecule has 0 aliphatic carbocycles. The van der Waals surface area contributed by atoms with Crippen molar-refractivity contribution in [2.75, 3.05) is 0 Å². The van der Waals surface area contributed by atoms with Crippen LogP contribution >= 0.6 is 0 Å². The van der Waals surface area contributed by atoms with Gasteiger partial charge in [-0.15, -0.1) is 0 Å². The van der Waals surface area contributed by atoms with Gasteiger partial charge in [-0.25, -0.2) is 9.37 Å². The highest BCUT2D eigenvalue weighted by molar-refractivity contribution is 5.14. The summed E-state index contributed by atoms with van der Waals surface area (Å²) in [6, 6.07) is 8.44. The maximum absolute atomic E-state index is 13.2. The molecule has 2 aromatic heterocycles. The van der Waals surface area contributed by atoms with Crippen molar-refractivity contribution in [3.8, 4) is 5.88 Å². The van der Waals surface area contributed by atoms with Crippen LogP contribution in [0.2, 0.25) is 0 Å². The lowest BCUT2D eigenvalue weighted by atomic mass is 10.3. The Balaban J connectivity index is 2.05. The van der Waals surface area contributed by atoms with Gasteiger partial charge in [-0.05, 0) is 31.2 Å². The summed E-state index contributed by atoms with van der Waals surface area (Å²) in [4.78, 5) is 8.03. The molecule has 0 saturated carbocycles. The lowest BCUT2D eigenvalue weighted by Gasteiger charge is -2.05. The molecule has 16 heavy (non-hydrogen) atoms.